The molecule has 116 valence electrons. The van der Waals surface area contributed by atoms with E-state index in [2.05, 4.69) is 15.3 Å². The van der Waals surface area contributed by atoms with E-state index in [9.17, 15) is 4.79 Å². The Balaban J connectivity index is 2.07. The Bertz CT molecular complexity index is 657. The Hall–Kier alpha value is -2.08. The third kappa shape index (κ3) is 4.46. The molecule has 0 saturated heterocycles. The average Bonchev–Trinajstić information content (AvgIpc) is 2.38. The van der Waals surface area contributed by atoms with Gasteiger partial charge in [-0.3, -0.25) is 4.79 Å². The zero-order chi connectivity index (χ0) is 16.3. The van der Waals surface area contributed by atoms with E-state index in [-0.39, 0.29) is 5.91 Å². The molecule has 0 saturated carbocycles. The van der Waals surface area contributed by atoms with Crippen molar-refractivity contribution in [2.24, 2.45) is 5.41 Å². The van der Waals surface area contributed by atoms with Gasteiger partial charge in [0, 0.05) is 27.8 Å². The van der Waals surface area contributed by atoms with Gasteiger partial charge in [0.25, 0.3) is 0 Å². The molecule has 1 heterocycles. The van der Waals surface area contributed by atoms with Crippen LogP contribution in [0.25, 0.3) is 0 Å². The number of carbonyl (C=O) groups is 1. The Kier molecular flexibility index (Phi) is 4.71. The van der Waals surface area contributed by atoms with Gasteiger partial charge in [0.2, 0.25) is 5.91 Å². The number of rotatable bonds is 3. The standard InChI is InChI=1S/C16H20N4OS/c1-10-9-13(17)20-15(18-10)22-12-7-5-11(6-8-12)19-14(21)16(2,3)4/h5-9H,1-4H3,(H,19,21)(H2,17,18,20). The van der Waals surface area contributed by atoms with Crippen LogP contribution in [0.15, 0.2) is 40.4 Å². The number of nitrogen functional groups attached to an aromatic ring is 1. The molecule has 2 aromatic rings. The molecular formula is C16H20N4OS. The summed E-state index contributed by atoms with van der Waals surface area (Å²) < 4.78 is 0. The summed E-state index contributed by atoms with van der Waals surface area (Å²) in [6.45, 7) is 7.53. The number of benzene rings is 1. The van der Waals surface area contributed by atoms with Gasteiger partial charge in [-0.05, 0) is 43.0 Å². The molecule has 0 spiro atoms. The number of aryl methyl sites for hydroxylation is 1. The molecule has 0 aliphatic carbocycles. The van der Waals surface area contributed by atoms with Crippen LogP contribution in [0.2, 0.25) is 0 Å². The maximum absolute atomic E-state index is 11.9. The Morgan fingerprint density at radius 1 is 1.18 bits per heavy atom. The van der Waals surface area contributed by atoms with Gasteiger partial charge in [-0.15, -0.1) is 0 Å². The van der Waals surface area contributed by atoms with Crippen molar-refractivity contribution < 1.29 is 4.79 Å². The molecular weight excluding hydrogens is 296 g/mol. The van der Waals surface area contributed by atoms with Crippen molar-refractivity contribution >= 4 is 29.2 Å². The van der Waals surface area contributed by atoms with Crippen molar-refractivity contribution in [2.75, 3.05) is 11.1 Å². The molecule has 0 unspecified atom stereocenters. The van der Waals surface area contributed by atoms with Crippen LogP contribution in [0, 0.1) is 12.3 Å². The van der Waals surface area contributed by atoms with Crippen LogP contribution < -0.4 is 11.1 Å². The molecule has 0 atom stereocenters. The van der Waals surface area contributed by atoms with Crippen molar-refractivity contribution in [3.63, 3.8) is 0 Å². The van der Waals surface area contributed by atoms with Gasteiger partial charge < -0.3 is 11.1 Å². The number of hydrogen-bond donors (Lipinski definition) is 2. The first-order valence-corrected chi connectivity index (χ1v) is 7.76. The molecule has 1 aromatic carbocycles. The number of nitrogens with one attached hydrogen (secondary N) is 1. The highest BCUT2D eigenvalue weighted by molar-refractivity contribution is 7.99. The van der Waals surface area contributed by atoms with Gasteiger partial charge >= 0.3 is 0 Å². The largest absolute Gasteiger partial charge is 0.384 e. The maximum atomic E-state index is 11.9. The predicted octanol–water partition coefficient (Wildman–Crippen LogP) is 3.50. The summed E-state index contributed by atoms with van der Waals surface area (Å²) in [6, 6.07) is 9.31. The topological polar surface area (TPSA) is 80.9 Å². The van der Waals surface area contributed by atoms with Crippen LogP contribution in [-0.2, 0) is 4.79 Å². The van der Waals surface area contributed by atoms with Crippen molar-refractivity contribution in [1.29, 1.82) is 0 Å². The van der Waals surface area contributed by atoms with Gasteiger partial charge in [0.05, 0.1) is 0 Å². The zero-order valence-electron chi connectivity index (χ0n) is 13.2. The second kappa shape index (κ2) is 6.36. The minimum atomic E-state index is -0.416. The van der Waals surface area contributed by atoms with Gasteiger partial charge in [0.1, 0.15) is 5.82 Å². The van der Waals surface area contributed by atoms with Gasteiger partial charge in [-0.1, -0.05) is 20.8 Å². The van der Waals surface area contributed by atoms with Crippen molar-refractivity contribution in [3.8, 4) is 0 Å². The molecule has 0 aliphatic rings. The molecule has 6 heteroatoms. The van der Waals surface area contributed by atoms with E-state index in [1.807, 2.05) is 52.0 Å². The Morgan fingerprint density at radius 2 is 1.82 bits per heavy atom. The van der Waals surface area contributed by atoms with Gasteiger partial charge in [-0.2, -0.15) is 0 Å². The van der Waals surface area contributed by atoms with E-state index >= 15 is 0 Å². The average molecular weight is 316 g/mol. The molecule has 0 bridgehead atoms. The highest BCUT2D eigenvalue weighted by atomic mass is 32.2. The molecule has 3 N–H and O–H groups in total. The highest BCUT2D eigenvalue weighted by Gasteiger charge is 2.21. The van der Waals surface area contributed by atoms with Crippen molar-refractivity contribution in [1.82, 2.24) is 9.97 Å². The second-order valence-electron chi connectivity index (χ2n) is 6.05. The summed E-state index contributed by atoms with van der Waals surface area (Å²) >= 11 is 1.43. The molecule has 22 heavy (non-hydrogen) atoms. The summed E-state index contributed by atoms with van der Waals surface area (Å²) in [5, 5.41) is 3.51. The number of nitrogens with zero attached hydrogens (tertiary/aromatic N) is 2. The number of carbonyl (C=O) groups excluding carboxylic acids is 1. The molecule has 0 fully saturated rings. The van der Waals surface area contributed by atoms with Crippen LogP contribution in [0.3, 0.4) is 0 Å². The SMILES string of the molecule is Cc1cc(N)nc(Sc2ccc(NC(=O)C(C)(C)C)cc2)n1. The summed E-state index contributed by atoms with van der Waals surface area (Å²) in [7, 11) is 0. The Morgan fingerprint density at radius 3 is 2.36 bits per heavy atom. The fourth-order valence-corrected chi connectivity index (χ4v) is 2.46. The van der Waals surface area contributed by atoms with Gasteiger partial charge in [-0.25, -0.2) is 9.97 Å². The normalized spacial score (nSPS) is 11.3. The predicted molar refractivity (Wildman–Crippen MR) is 89.8 cm³/mol. The van der Waals surface area contributed by atoms with E-state index in [1.54, 1.807) is 6.07 Å². The van der Waals surface area contributed by atoms with E-state index in [0.717, 1.165) is 16.3 Å². The maximum Gasteiger partial charge on any atom is 0.229 e. The summed E-state index contributed by atoms with van der Waals surface area (Å²) in [4.78, 5) is 21.4. The number of hydrogen-bond acceptors (Lipinski definition) is 5. The molecule has 1 aromatic heterocycles. The lowest BCUT2D eigenvalue weighted by atomic mass is 9.95. The first-order chi connectivity index (χ1) is 10.2. The van der Waals surface area contributed by atoms with E-state index < -0.39 is 5.41 Å². The van der Waals surface area contributed by atoms with E-state index in [0.29, 0.717) is 11.0 Å². The smallest absolute Gasteiger partial charge is 0.229 e. The molecule has 5 nitrogen and oxygen atoms in total. The fraction of sp³-hybridized carbons (Fsp3) is 0.312. The molecule has 2 rings (SSSR count). The van der Waals surface area contributed by atoms with Crippen molar-refractivity contribution in [3.05, 3.63) is 36.0 Å². The number of amides is 1. The highest BCUT2D eigenvalue weighted by Crippen LogP contribution is 2.27. The van der Waals surface area contributed by atoms with Crippen LogP contribution in [-0.4, -0.2) is 15.9 Å². The first-order valence-electron chi connectivity index (χ1n) is 6.94. The van der Waals surface area contributed by atoms with Crippen molar-refractivity contribution in [2.45, 2.75) is 37.7 Å². The lowest BCUT2D eigenvalue weighted by Gasteiger charge is -2.17. The summed E-state index contributed by atoms with van der Waals surface area (Å²) in [5.74, 6) is 0.451. The zero-order valence-corrected chi connectivity index (χ0v) is 14.0. The minimum absolute atomic E-state index is 0.0114. The third-order valence-corrected chi connectivity index (χ3v) is 3.73. The first kappa shape index (κ1) is 16.3. The van der Waals surface area contributed by atoms with E-state index in [4.69, 9.17) is 5.73 Å². The number of aromatic nitrogens is 2. The Labute approximate surface area is 134 Å². The molecule has 1 amide bonds. The number of nitrogens with two attached hydrogens (primary N) is 1. The summed E-state index contributed by atoms with van der Waals surface area (Å²) in [5.41, 5.74) is 6.91. The van der Waals surface area contributed by atoms with Crippen LogP contribution >= 0.6 is 11.8 Å². The monoisotopic (exact) mass is 316 g/mol. The van der Waals surface area contributed by atoms with Crippen LogP contribution in [0.4, 0.5) is 11.5 Å². The number of anilines is 2. The molecule has 0 radical (unpaired) electrons. The minimum Gasteiger partial charge on any atom is -0.384 e. The quantitative estimate of drug-likeness (QED) is 0.847. The van der Waals surface area contributed by atoms with Gasteiger partial charge in [0.15, 0.2) is 5.16 Å². The fourth-order valence-electron chi connectivity index (χ4n) is 1.64. The lowest BCUT2D eigenvalue weighted by molar-refractivity contribution is -0.123. The van der Waals surface area contributed by atoms with Crippen LogP contribution in [0.5, 0.6) is 0 Å². The third-order valence-electron chi connectivity index (χ3n) is 2.86. The van der Waals surface area contributed by atoms with E-state index in [1.165, 1.54) is 11.8 Å². The summed E-state index contributed by atoms with van der Waals surface area (Å²) in [6.07, 6.45) is 0. The molecule has 0 aliphatic heterocycles. The van der Waals surface area contributed by atoms with Crippen LogP contribution in [0.1, 0.15) is 26.5 Å². The lowest BCUT2D eigenvalue weighted by Crippen LogP contribution is -2.27. The second-order valence-corrected chi connectivity index (χ2v) is 7.09.